The van der Waals surface area contributed by atoms with Gasteiger partial charge >= 0.3 is 0 Å². The zero-order valence-corrected chi connectivity index (χ0v) is 30.6. The number of benzene rings is 7. The third-order valence-electron chi connectivity index (χ3n) is 11.7. The van der Waals surface area contributed by atoms with E-state index in [1.165, 1.54) is 77.0 Å². The molecule has 2 aliphatic rings. The predicted octanol–water partition coefficient (Wildman–Crippen LogP) is 13.2. The lowest BCUT2D eigenvalue weighted by Crippen LogP contribution is -2.07. The van der Waals surface area contributed by atoms with Crippen LogP contribution in [0.2, 0.25) is 0 Å². The number of para-hydroxylation sites is 2. The van der Waals surface area contributed by atoms with Gasteiger partial charge in [0, 0.05) is 49.9 Å². The lowest BCUT2D eigenvalue weighted by atomic mass is 9.94. The zero-order valence-electron chi connectivity index (χ0n) is 30.6. The highest BCUT2D eigenvalue weighted by molar-refractivity contribution is 6.42. The van der Waals surface area contributed by atoms with E-state index in [9.17, 15) is 0 Å². The summed E-state index contributed by atoms with van der Waals surface area (Å²) in [6.07, 6.45) is 6.65. The summed E-state index contributed by atoms with van der Waals surface area (Å²) in [4.78, 5) is 5.37. The van der Waals surface area contributed by atoms with Gasteiger partial charge in [-0.3, -0.25) is 0 Å². The lowest BCUT2D eigenvalue weighted by Gasteiger charge is -2.16. The number of aliphatic imine (C=N–C) groups is 1. The van der Waals surface area contributed by atoms with Crippen LogP contribution in [0.15, 0.2) is 175 Å². The van der Waals surface area contributed by atoms with E-state index in [1.54, 1.807) is 0 Å². The number of fused-ring (bicyclic) bond motifs is 6. The Morgan fingerprint density at radius 3 is 2.00 bits per heavy atom. The number of allylic oxidation sites excluding steroid dienone is 3. The fraction of sp³-hybridized carbons (Fsp3) is 0.0577. The first-order valence-corrected chi connectivity index (χ1v) is 19.1. The third kappa shape index (κ3) is 4.79. The van der Waals surface area contributed by atoms with Crippen LogP contribution in [-0.4, -0.2) is 14.8 Å². The molecule has 0 fully saturated rings. The van der Waals surface area contributed by atoms with Crippen molar-refractivity contribution >= 4 is 72.1 Å². The number of aromatic nitrogens is 2. The molecule has 55 heavy (non-hydrogen) atoms. The standard InChI is InChI=1S/C52H37N3/c1-33-40-21-12-16-36-17-13-22-45(51(36)40)50(33)52(53-34(2)35-14-4-3-5-15-35)37-26-28-38(29-27-37)54-46-23-9-8-20-43(46)44-31-30-39(32-49(44)54)55-47-24-10-6-18-41(47)42-19-7-11-25-48(42)55/h3-8,10-22,24-32H,2,9,23H2,1H3. The molecule has 3 heteroatoms. The monoisotopic (exact) mass is 703 g/mol. The van der Waals surface area contributed by atoms with Gasteiger partial charge in [0.05, 0.1) is 28.0 Å². The largest absolute Gasteiger partial charge is 0.313 e. The highest BCUT2D eigenvalue weighted by Crippen LogP contribution is 2.44. The zero-order chi connectivity index (χ0) is 36.6. The molecule has 2 aliphatic carbocycles. The van der Waals surface area contributed by atoms with Gasteiger partial charge in [0.1, 0.15) is 0 Å². The van der Waals surface area contributed by atoms with Gasteiger partial charge in [0.2, 0.25) is 0 Å². The molecule has 0 spiro atoms. The first-order valence-electron chi connectivity index (χ1n) is 19.1. The van der Waals surface area contributed by atoms with Gasteiger partial charge in [0.25, 0.3) is 0 Å². The van der Waals surface area contributed by atoms with Crippen LogP contribution in [0.4, 0.5) is 0 Å². The SMILES string of the molecule is C=C(N=C(C1=C(C)c2cccc3cccc1c23)c1ccc(-n2c3c(c4ccc(-n5c6ccccc6c6ccccc65)cc42)C=CCC3)cc1)c1ccccc1. The molecule has 0 saturated carbocycles. The van der Waals surface area contributed by atoms with E-state index in [-0.39, 0.29) is 0 Å². The molecule has 11 rings (SSSR count). The van der Waals surface area contributed by atoms with Crippen molar-refractivity contribution in [3.8, 4) is 11.4 Å². The van der Waals surface area contributed by atoms with E-state index in [0.29, 0.717) is 0 Å². The lowest BCUT2D eigenvalue weighted by molar-refractivity contribution is 0.888. The summed E-state index contributed by atoms with van der Waals surface area (Å²) in [5.74, 6) is 0. The van der Waals surface area contributed by atoms with Gasteiger partial charge in [-0.2, -0.15) is 0 Å². The van der Waals surface area contributed by atoms with Crippen LogP contribution in [0.5, 0.6) is 0 Å². The van der Waals surface area contributed by atoms with Crippen molar-refractivity contribution < 1.29 is 0 Å². The van der Waals surface area contributed by atoms with Crippen LogP contribution in [-0.2, 0) is 6.42 Å². The Kier molecular flexibility index (Phi) is 7.05. The van der Waals surface area contributed by atoms with Crippen molar-refractivity contribution in [2.45, 2.75) is 19.8 Å². The first kappa shape index (κ1) is 31.5. The molecule has 9 aromatic rings. The van der Waals surface area contributed by atoms with Crippen molar-refractivity contribution in [1.82, 2.24) is 9.13 Å². The van der Waals surface area contributed by atoms with Crippen molar-refractivity contribution in [2.75, 3.05) is 0 Å². The Balaban J connectivity index is 1.09. The summed E-state index contributed by atoms with van der Waals surface area (Å²) < 4.78 is 4.91. The van der Waals surface area contributed by atoms with Crippen LogP contribution < -0.4 is 0 Å². The predicted molar refractivity (Wildman–Crippen MR) is 233 cm³/mol. The van der Waals surface area contributed by atoms with Crippen molar-refractivity contribution in [1.29, 1.82) is 0 Å². The summed E-state index contributed by atoms with van der Waals surface area (Å²) in [5.41, 5.74) is 17.3. The van der Waals surface area contributed by atoms with E-state index >= 15 is 0 Å². The molecule has 2 heterocycles. The molecule has 260 valence electrons. The van der Waals surface area contributed by atoms with Crippen molar-refractivity contribution in [2.24, 2.45) is 4.99 Å². The highest BCUT2D eigenvalue weighted by atomic mass is 15.0. The molecule has 2 aromatic heterocycles. The van der Waals surface area contributed by atoms with E-state index in [0.717, 1.165) is 46.8 Å². The second-order valence-corrected chi connectivity index (χ2v) is 14.7. The van der Waals surface area contributed by atoms with Crippen LogP contribution in [0.1, 0.15) is 46.9 Å². The summed E-state index contributed by atoms with van der Waals surface area (Å²) in [5, 5.41) is 6.36. The summed E-state index contributed by atoms with van der Waals surface area (Å²) in [7, 11) is 0. The minimum Gasteiger partial charge on any atom is -0.313 e. The number of nitrogens with zero attached hydrogens (tertiary/aromatic N) is 3. The van der Waals surface area contributed by atoms with E-state index < -0.39 is 0 Å². The highest BCUT2D eigenvalue weighted by Gasteiger charge is 2.27. The van der Waals surface area contributed by atoms with Gasteiger partial charge < -0.3 is 9.13 Å². The molecule has 0 aliphatic heterocycles. The van der Waals surface area contributed by atoms with Crippen molar-refractivity contribution in [3.05, 3.63) is 204 Å². The molecule has 0 atom stereocenters. The Labute approximate surface area is 320 Å². The molecule has 7 aromatic carbocycles. The molecular weight excluding hydrogens is 667 g/mol. The van der Waals surface area contributed by atoms with E-state index in [1.807, 2.05) is 18.2 Å². The summed E-state index contributed by atoms with van der Waals surface area (Å²) >= 11 is 0. The molecule has 0 amide bonds. The topological polar surface area (TPSA) is 22.2 Å². The minimum absolute atomic E-state index is 0.748. The maximum absolute atomic E-state index is 5.37. The molecule has 0 saturated heterocycles. The maximum atomic E-state index is 5.37. The average Bonchev–Trinajstić information content (AvgIpc) is 3.86. The second-order valence-electron chi connectivity index (χ2n) is 14.7. The molecule has 0 unspecified atom stereocenters. The van der Waals surface area contributed by atoms with Gasteiger partial charge in [-0.1, -0.05) is 140 Å². The van der Waals surface area contributed by atoms with Crippen LogP contribution in [0.25, 0.3) is 77.8 Å². The Morgan fingerprint density at radius 2 is 1.25 bits per heavy atom. The molecular formula is C52H37N3. The fourth-order valence-electron chi connectivity index (χ4n) is 9.21. The maximum Gasteiger partial charge on any atom is 0.0790 e. The number of hydrogen-bond donors (Lipinski definition) is 0. The summed E-state index contributed by atoms with van der Waals surface area (Å²) in [6, 6.07) is 57.0. The van der Waals surface area contributed by atoms with Gasteiger partial charge in [-0.25, -0.2) is 4.99 Å². The number of hydrogen-bond acceptors (Lipinski definition) is 1. The van der Waals surface area contributed by atoms with Crippen LogP contribution in [0.3, 0.4) is 0 Å². The van der Waals surface area contributed by atoms with Crippen LogP contribution >= 0.6 is 0 Å². The number of rotatable bonds is 6. The average molecular weight is 704 g/mol. The molecule has 0 bridgehead atoms. The first-order chi connectivity index (χ1) is 27.1. The van der Waals surface area contributed by atoms with Gasteiger partial charge in [-0.05, 0) is 89.2 Å². The van der Waals surface area contributed by atoms with Crippen LogP contribution in [0, 0.1) is 0 Å². The smallest absolute Gasteiger partial charge is 0.0790 e. The minimum atomic E-state index is 0.748. The normalized spacial score (nSPS) is 13.8. The Morgan fingerprint density at radius 1 is 0.582 bits per heavy atom. The fourth-order valence-corrected chi connectivity index (χ4v) is 9.21. The van der Waals surface area contributed by atoms with Gasteiger partial charge in [0.15, 0.2) is 0 Å². The van der Waals surface area contributed by atoms with Crippen molar-refractivity contribution in [3.63, 3.8) is 0 Å². The molecule has 0 radical (unpaired) electrons. The quantitative estimate of drug-likeness (QED) is 0.154. The third-order valence-corrected chi connectivity index (χ3v) is 11.7. The summed E-state index contributed by atoms with van der Waals surface area (Å²) in [6.45, 7) is 6.71. The van der Waals surface area contributed by atoms with Gasteiger partial charge in [-0.15, -0.1) is 0 Å². The second kappa shape index (κ2) is 12.3. The Bertz CT molecular complexity index is 3090. The van der Waals surface area contributed by atoms with E-state index in [4.69, 9.17) is 4.99 Å². The molecule has 3 nitrogen and oxygen atoms in total. The Hall–Kier alpha value is -6.97. The van der Waals surface area contributed by atoms with E-state index in [2.05, 4.69) is 174 Å². The molecule has 0 N–H and O–H groups in total.